The Morgan fingerprint density at radius 1 is 1.06 bits per heavy atom. The number of carbonyl (C=O) groups excluding carboxylic acids is 1. The lowest BCUT2D eigenvalue weighted by atomic mass is 10.2. The van der Waals surface area contributed by atoms with E-state index < -0.39 is 0 Å². The summed E-state index contributed by atoms with van der Waals surface area (Å²) in [6, 6.07) is 21.8. The highest BCUT2D eigenvalue weighted by atomic mass is 35.5. The summed E-state index contributed by atoms with van der Waals surface area (Å²) in [5.74, 6) is 1.18. The van der Waals surface area contributed by atoms with E-state index in [-0.39, 0.29) is 11.9 Å². The molecular formula is C24H21Cl2N3O2. The lowest BCUT2D eigenvalue weighted by molar-refractivity contribution is 0.0937. The van der Waals surface area contributed by atoms with Gasteiger partial charge in [-0.15, -0.1) is 0 Å². The van der Waals surface area contributed by atoms with E-state index in [0.29, 0.717) is 34.5 Å². The van der Waals surface area contributed by atoms with E-state index in [4.69, 9.17) is 32.9 Å². The largest absolute Gasteiger partial charge is 0.490 e. The number of benzene rings is 3. The maximum atomic E-state index is 12.7. The number of fused-ring (bicyclic) bond motifs is 1. The number of ether oxygens (including phenoxy) is 1. The van der Waals surface area contributed by atoms with E-state index in [2.05, 4.69) is 9.88 Å². The van der Waals surface area contributed by atoms with Crippen molar-refractivity contribution in [1.29, 1.82) is 0 Å². The Morgan fingerprint density at radius 3 is 2.65 bits per heavy atom. The zero-order valence-electron chi connectivity index (χ0n) is 16.9. The highest BCUT2D eigenvalue weighted by Gasteiger charge is 2.19. The average Bonchev–Trinajstić information content (AvgIpc) is 3.14. The van der Waals surface area contributed by atoms with Crippen molar-refractivity contribution >= 4 is 40.1 Å². The van der Waals surface area contributed by atoms with Gasteiger partial charge >= 0.3 is 0 Å². The van der Waals surface area contributed by atoms with Gasteiger partial charge < -0.3 is 14.6 Å². The molecule has 1 aromatic heterocycles. The van der Waals surface area contributed by atoms with Crippen LogP contribution in [0.4, 0.5) is 0 Å². The van der Waals surface area contributed by atoms with Crippen LogP contribution in [-0.4, -0.2) is 22.1 Å². The third-order valence-electron chi connectivity index (χ3n) is 4.91. The fourth-order valence-corrected chi connectivity index (χ4v) is 3.82. The zero-order valence-corrected chi connectivity index (χ0v) is 18.4. The fraction of sp³-hybridized carbons (Fsp3) is 0.167. The maximum absolute atomic E-state index is 12.7. The van der Waals surface area contributed by atoms with Gasteiger partial charge in [0.05, 0.1) is 28.6 Å². The van der Waals surface area contributed by atoms with Gasteiger partial charge in [0.25, 0.3) is 5.91 Å². The number of hydrogen-bond donors (Lipinski definition) is 1. The Bertz CT molecular complexity index is 1220. The van der Waals surface area contributed by atoms with Crippen LogP contribution in [0.15, 0.2) is 72.8 Å². The Hall–Kier alpha value is -3.02. The van der Waals surface area contributed by atoms with Crippen LogP contribution >= 0.6 is 23.2 Å². The number of carbonyl (C=O) groups is 1. The van der Waals surface area contributed by atoms with Gasteiger partial charge in [0.1, 0.15) is 18.2 Å². The van der Waals surface area contributed by atoms with Crippen molar-refractivity contribution in [2.75, 3.05) is 6.61 Å². The molecule has 1 unspecified atom stereocenters. The predicted octanol–water partition coefficient (Wildman–Crippen LogP) is 5.91. The standard InChI is InChI=1S/C24H21Cl2N3O2/c1-16(27-24(30)17-7-6-8-18(25)15-17)23-28-20-10-3-4-11-21(20)29(23)13-14-31-22-12-5-2-9-19(22)26/h2-12,15-16H,13-14H2,1H3,(H,27,30). The molecule has 1 N–H and O–H groups in total. The second-order valence-electron chi connectivity index (χ2n) is 7.09. The number of rotatable bonds is 7. The van der Waals surface area contributed by atoms with Crippen LogP contribution in [-0.2, 0) is 6.54 Å². The molecular weight excluding hydrogens is 433 g/mol. The SMILES string of the molecule is CC(NC(=O)c1cccc(Cl)c1)c1nc2ccccc2n1CCOc1ccccc1Cl. The van der Waals surface area contributed by atoms with Crippen molar-refractivity contribution in [3.63, 3.8) is 0 Å². The highest BCUT2D eigenvalue weighted by Crippen LogP contribution is 2.24. The molecule has 0 fully saturated rings. The normalized spacial score (nSPS) is 12.0. The second kappa shape index (κ2) is 9.41. The summed E-state index contributed by atoms with van der Waals surface area (Å²) in [6.07, 6.45) is 0. The number of para-hydroxylation sites is 3. The number of aromatic nitrogens is 2. The molecule has 7 heteroatoms. The van der Waals surface area contributed by atoms with Gasteiger partial charge in [-0.05, 0) is 49.4 Å². The molecule has 5 nitrogen and oxygen atoms in total. The van der Waals surface area contributed by atoms with Crippen LogP contribution in [0.5, 0.6) is 5.75 Å². The number of hydrogen-bond acceptors (Lipinski definition) is 3. The minimum atomic E-state index is -0.320. The van der Waals surface area contributed by atoms with Crippen LogP contribution in [0.1, 0.15) is 29.1 Å². The molecule has 0 saturated heterocycles. The smallest absolute Gasteiger partial charge is 0.251 e. The summed E-state index contributed by atoms with van der Waals surface area (Å²) in [5.41, 5.74) is 2.34. The van der Waals surface area contributed by atoms with Gasteiger partial charge in [-0.1, -0.05) is 53.5 Å². The number of amides is 1. The topological polar surface area (TPSA) is 56.2 Å². The first-order valence-electron chi connectivity index (χ1n) is 9.92. The quantitative estimate of drug-likeness (QED) is 0.378. The molecule has 31 heavy (non-hydrogen) atoms. The first-order valence-corrected chi connectivity index (χ1v) is 10.7. The molecule has 1 amide bonds. The molecule has 0 saturated carbocycles. The van der Waals surface area contributed by atoms with E-state index in [9.17, 15) is 4.79 Å². The van der Waals surface area contributed by atoms with Crippen molar-refractivity contribution in [2.45, 2.75) is 19.5 Å². The van der Waals surface area contributed by atoms with Crippen LogP contribution < -0.4 is 10.1 Å². The van der Waals surface area contributed by atoms with Gasteiger partial charge in [0.15, 0.2) is 0 Å². The number of nitrogens with zero attached hydrogens (tertiary/aromatic N) is 2. The molecule has 0 bridgehead atoms. The van der Waals surface area contributed by atoms with E-state index in [0.717, 1.165) is 16.9 Å². The Balaban J connectivity index is 1.55. The summed E-state index contributed by atoms with van der Waals surface area (Å²) >= 11 is 12.2. The van der Waals surface area contributed by atoms with Crippen LogP contribution in [0.2, 0.25) is 10.0 Å². The molecule has 0 aliphatic heterocycles. The third kappa shape index (κ3) is 4.84. The summed E-state index contributed by atoms with van der Waals surface area (Å²) in [5, 5.41) is 4.10. The van der Waals surface area contributed by atoms with E-state index in [1.165, 1.54) is 0 Å². The first kappa shape index (κ1) is 21.2. The molecule has 0 aliphatic rings. The van der Waals surface area contributed by atoms with E-state index in [1.54, 1.807) is 30.3 Å². The molecule has 0 aliphatic carbocycles. The van der Waals surface area contributed by atoms with Crippen molar-refractivity contribution in [2.24, 2.45) is 0 Å². The molecule has 158 valence electrons. The maximum Gasteiger partial charge on any atom is 0.251 e. The van der Waals surface area contributed by atoms with E-state index >= 15 is 0 Å². The molecule has 4 aromatic rings. The van der Waals surface area contributed by atoms with Crippen molar-refractivity contribution in [3.05, 3.63) is 94.2 Å². The Morgan fingerprint density at radius 2 is 1.84 bits per heavy atom. The molecule has 0 spiro atoms. The van der Waals surface area contributed by atoms with Gasteiger partial charge in [-0.2, -0.15) is 0 Å². The molecule has 0 radical (unpaired) electrons. The Kier molecular flexibility index (Phi) is 6.44. The minimum absolute atomic E-state index is 0.207. The zero-order chi connectivity index (χ0) is 21.8. The minimum Gasteiger partial charge on any atom is -0.490 e. The lowest BCUT2D eigenvalue weighted by Gasteiger charge is -2.17. The van der Waals surface area contributed by atoms with E-state index in [1.807, 2.05) is 49.4 Å². The van der Waals surface area contributed by atoms with Gasteiger partial charge in [-0.3, -0.25) is 4.79 Å². The molecule has 1 atom stereocenters. The summed E-state index contributed by atoms with van der Waals surface area (Å²) in [4.78, 5) is 17.5. The summed E-state index contributed by atoms with van der Waals surface area (Å²) in [7, 11) is 0. The molecule has 1 heterocycles. The summed E-state index contributed by atoms with van der Waals surface area (Å²) in [6.45, 7) is 2.87. The number of halogens is 2. The number of nitrogens with one attached hydrogen (secondary N) is 1. The van der Waals surface area contributed by atoms with Gasteiger partial charge in [0.2, 0.25) is 0 Å². The molecule has 4 rings (SSSR count). The van der Waals surface area contributed by atoms with Crippen molar-refractivity contribution < 1.29 is 9.53 Å². The van der Waals surface area contributed by atoms with Gasteiger partial charge in [0, 0.05) is 10.6 Å². The summed E-state index contributed by atoms with van der Waals surface area (Å²) < 4.78 is 7.94. The first-order chi connectivity index (χ1) is 15.0. The van der Waals surface area contributed by atoms with Crippen molar-refractivity contribution in [1.82, 2.24) is 14.9 Å². The van der Waals surface area contributed by atoms with Crippen LogP contribution in [0.3, 0.4) is 0 Å². The van der Waals surface area contributed by atoms with Crippen LogP contribution in [0.25, 0.3) is 11.0 Å². The van der Waals surface area contributed by atoms with Gasteiger partial charge in [-0.25, -0.2) is 4.98 Å². The van der Waals surface area contributed by atoms with Crippen LogP contribution in [0, 0.1) is 0 Å². The van der Waals surface area contributed by atoms with Crippen molar-refractivity contribution in [3.8, 4) is 5.75 Å². The fourth-order valence-electron chi connectivity index (χ4n) is 3.44. The third-order valence-corrected chi connectivity index (χ3v) is 5.46. The Labute approximate surface area is 190 Å². The second-order valence-corrected chi connectivity index (χ2v) is 7.94. The number of imidazole rings is 1. The molecule has 3 aromatic carbocycles. The monoisotopic (exact) mass is 453 g/mol. The predicted molar refractivity (Wildman–Crippen MR) is 124 cm³/mol. The lowest BCUT2D eigenvalue weighted by Crippen LogP contribution is -2.29. The average molecular weight is 454 g/mol. The highest BCUT2D eigenvalue weighted by molar-refractivity contribution is 6.32.